The van der Waals surface area contributed by atoms with Crippen LogP contribution in [0.5, 0.6) is 0 Å². The second-order valence-electron chi connectivity index (χ2n) is 18.6. The molecule has 2 aliphatic rings. The number of fused-ring (bicyclic) bond motifs is 9. The van der Waals surface area contributed by atoms with E-state index in [-0.39, 0.29) is 11.0 Å². The highest BCUT2D eigenvalue weighted by molar-refractivity contribution is 6.46. The van der Waals surface area contributed by atoms with Gasteiger partial charge in [0.2, 0.25) is 0 Å². The molecule has 1 fully saturated rings. The highest BCUT2D eigenvalue weighted by atomic mass is 15.3. The lowest BCUT2D eigenvalue weighted by molar-refractivity contribution is 0.143. The Morgan fingerprint density at radius 1 is 0.492 bits per heavy atom. The predicted octanol–water partition coefficient (Wildman–Crippen LogP) is 16.9. The van der Waals surface area contributed by atoms with Gasteiger partial charge in [-0.1, -0.05) is 172 Å². The quantitative estimate of drug-likeness (QED) is 0.168. The number of nitrogens with zero attached hydrogens (tertiary/aromatic N) is 1. The van der Waals surface area contributed by atoms with Gasteiger partial charge in [0.15, 0.2) is 0 Å². The minimum absolute atomic E-state index is 0.00430. The summed E-state index contributed by atoms with van der Waals surface area (Å²) in [6, 6.07) is 66.8. The van der Waals surface area contributed by atoms with Crippen LogP contribution in [0.15, 0.2) is 176 Å². The lowest BCUT2D eigenvalue weighted by Gasteiger charge is -2.52. The van der Waals surface area contributed by atoms with Crippen molar-refractivity contribution in [3.05, 3.63) is 181 Å². The Morgan fingerprint density at radius 3 is 1.64 bits per heavy atom. The van der Waals surface area contributed by atoms with Crippen molar-refractivity contribution in [1.82, 2.24) is 0 Å². The first-order chi connectivity index (χ1) is 30.0. The fourth-order valence-electron chi connectivity index (χ4n) is 12.8. The van der Waals surface area contributed by atoms with Crippen LogP contribution in [0.25, 0.3) is 98.0 Å². The van der Waals surface area contributed by atoms with Crippen molar-refractivity contribution in [3.63, 3.8) is 0 Å². The zero-order valence-corrected chi connectivity index (χ0v) is 35.1. The second-order valence-corrected chi connectivity index (χ2v) is 18.6. The minimum Gasteiger partial charge on any atom is -0.334 e. The fourth-order valence-corrected chi connectivity index (χ4v) is 12.8. The van der Waals surface area contributed by atoms with Crippen LogP contribution >= 0.6 is 0 Å². The number of benzene rings is 9. The molecule has 61 heavy (non-hydrogen) atoms. The van der Waals surface area contributed by atoms with Crippen molar-refractivity contribution in [3.8, 4) is 33.4 Å². The Balaban J connectivity index is 1.14. The van der Waals surface area contributed by atoms with E-state index in [1.807, 2.05) is 0 Å². The summed E-state index contributed by atoms with van der Waals surface area (Å²) in [4.78, 5) is 2.70. The number of para-hydroxylation sites is 1. The maximum absolute atomic E-state index is 2.70. The molecule has 11 aromatic carbocycles. The Hall–Kier alpha value is -6.70. The molecular weight excluding hydrogens is 735 g/mol. The van der Waals surface area contributed by atoms with E-state index in [0.29, 0.717) is 0 Å². The molecule has 1 heteroatoms. The van der Waals surface area contributed by atoms with Gasteiger partial charge >= 0.3 is 0 Å². The molecule has 13 rings (SSSR count). The number of rotatable bonds is 5. The van der Waals surface area contributed by atoms with E-state index in [1.54, 1.807) is 0 Å². The van der Waals surface area contributed by atoms with Crippen molar-refractivity contribution >= 4 is 76.0 Å². The Labute approximate surface area is 357 Å². The molecule has 292 valence electrons. The standard InChI is InChI=1S/C60H47N/c1-4-37-33-34-60(3)59(2,36-37)49-35-41(29-32-50(49)61(60)42-23-12-7-13-24-42)43-30-31-48-54-44(43)25-16-28-47(54)57-52(39-17-8-5-9-18-39)55-45-26-14-21-38-22-15-27-46(51(38)45)56(55)53(58(48)57)40-19-10-6-11-20-40/h5-32,35,37H,4,33-34,36H2,1-3H3. The molecule has 0 amide bonds. The van der Waals surface area contributed by atoms with Crippen LogP contribution in [0.2, 0.25) is 0 Å². The lowest BCUT2D eigenvalue weighted by atomic mass is 9.58. The number of hydrogen-bond donors (Lipinski definition) is 0. The predicted molar refractivity (Wildman–Crippen MR) is 262 cm³/mol. The fraction of sp³-hybridized carbons (Fsp3) is 0.167. The number of anilines is 2. The Kier molecular flexibility index (Phi) is 7.28. The van der Waals surface area contributed by atoms with Gasteiger partial charge in [0.1, 0.15) is 0 Å². The summed E-state index contributed by atoms with van der Waals surface area (Å²) >= 11 is 0. The van der Waals surface area contributed by atoms with Crippen molar-refractivity contribution in [2.45, 2.75) is 57.4 Å². The summed E-state index contributed by atoms with van der Waals surface area (Å²) in [6.45, 7) is 7.52. The van der Waals surface area contributed by atoms with Crippen molar-refractivity contribution in [2.75, 3.05) is 4.90 Å². The maximum atomic E-state index is 2.70. The summed E-state index contributed by atoms with van der Waals surface area (Å²) in [5, 5.41) is 16.1. The first-order valence-corrected chi connectivity index (χ1v) is 22.4. The average Bonchev–Trinajstić information content (AvgIpc) is 3.89. The number of hydrogen-bond acceptors (Lipinski definition) is 1. The van der Waals surface area contributed by atoms with Gasteiger partial charge in [-0.25, -0.2) is 0 Å². The molecule has 3 unspecified atom stereocenters. The van der Waals surface area contributed by atoms with E-state index < -0.39 is 0 Å². The van der Waals surface area contributed by atoms with E-state index in [2.05, 4.69) is 202 Å². The smallest absolute Gasteiger partial charge is 0.0518 e. The van der Waals surface area contributed by atoms with Crippen LogP contribution in [0.3, 0.4) is 0 Å². The molecule has 1 aliphatic carbocycles. The molecule has 0 radical (unpaired) electrons. The third-order valence-electron chi connectivity index (χ3n) is 15.8. The molecule has 0 aromatic heterocycles. The molecule has 0 bridgehead atoms. The highest BCUT2D eigenvalue weighted by Gasteiger charge is 2.59. The normalized spacial score (nSPS) is 20.2. The lowest BCUT2D eigenvalue weighted by Crippen LogP contribution is -2.56. The van der Waals surface area contributed by atoms with E-state index in [0.717, 1.165) is 5.92 Å². The van der Waals surface area contributed by atoms with Gasteiger partial charge in [-0.05, 0) is 160 Å². The van der Waals surface area contributed by atoms with E-state index in [9.17, 15) is 0 Å². The van der Waals surface area contributed by atoms with E-state index >= 15 is 0 Å². The van der Waals surface area contributed by atoms with Crippen LogP contribution in [-0.4, -0.2) is 5.54 Å². The third kappa shape index (κ3) is 4.56. The zero-order valence-electron chi connectivity index (χ0n) is 35.1. The van der Waals surface area contributed by atoms with Crippen molar-refractivity contribution in [1.29, 1.82) is 0 Å². The summed E-state index contributed by atoms with van der Waals surface area (Å²) < 4.78 is 0. The van der Waals surface area contributed by atoms with Crippen LogP contribution in [0.4, 0.5) is 11.4 Å². The molecule has 1 saturated carbocycles. The van der Waals surface area contributed by atoms with Crippen molar-refractivity contribution in [2.24, 2.45) is 5.92 Å². The van der Waals surface area contributed by atoms with E-state index in [1.165, 1.54) is 141 Å². The van der Waals surface area contributed by atoms with Gasteiger partial charge < -0.3 is 4.90 Å². The van der Waals surface area contributed by atoms with E-state index in [4.69, 9.17) is 0 Å². The molecule has 0 saturated heterocycles. The topological polar surface area (TPSA) is 3.24 Å². The molecule has 1 aliphatic heterocycles. The van der Waals surface area contributed by atoms with Gasteiger partial charge in [-0.3, -0.25) is 0 Å². The first-order valence-electron chi connectivity index (χ1n) is 22.4. The van der Waals surface area contributed by atoms with Crippen LogP contribution in [0, 0.1) is 5.92 Å². The maximum Gasteiger partial charge on any atom is 0.0518 e. The molecule has 11 aromatic rings. The summed E-state index contributed by atoms with van der Waals surface area (Å²) in [7, 11) is 0. The van der Waals surface area contributed by atoms with Gasteiger partial charge in [0.25, 0.3) is 0 Å². The highest BCUT2D eigenvalue weighted by Crippen LogP contribution is 2.63. The van der Waals surface area contributed by atoms with Crippen molar-refractivity contribution < 1.29 is 0 Å². The molecule has 1 nitrogen and oxygen atoms in total. The van der Waals surface area contributed by atoms with Gasteiger partial charge in [0, 0.05) is 16.8 Å². The molecule has 0 spiro atoms. The Bertz CT molecular complexity index is 3390. The second kappa shape index (κ2) is 12.7. The van der Waals surface area contributed by atoms with Crippen LogP contribution in [0.1, 0.15) is 52.0 Å². The zero-order chi connectivity index (χ0) is 40.6. The third-order valence-corrected chi connectivity index (χ3v) is 15.8. The average molecular weight is 782 g/mol. The van der Waals surface area contributed by atoms with Crippen LogP contribution in [-0.2, 0) is 5.41 Å². The monoisotopic (exact) mass is 781 g/mol. The van der Waals surface area contributed by atoms with Gasteiger partial charge in [-0.2, -0.15) is 0 Å². The SMILES string of the molecule is CCC1CCC2(C)N(c3ccccc3)c3ccc(-c4ccc5c6c(-c7ccccc7)c7c8cccc9cccc(c7c(-c7ccccc7)c6c6cccc4c65)c98)cc3C2(C)C1. The minimum atomic E-state index is -0.00430. The molecular formula is C60H47N. The van der Waals surface area contributed by atoms with Crippen LogP contribution < -0.4 is 4.90 Å². The summed E-state index contributed by atoms with van der Waals surface area (Å²) in [5.41, 5.74) is 12.0. The summed E-state index contributed by atoms with van der Waals surface area (Å²) in [6.07, 6.45) is 4.92. The van der Waals surface area contributed by atoms with Gasteiger partial charge in [0.05, 0.1) is 5.54 Å². The Morgan fingerprint density at radius 2 is 1.03 bits per heavy atom. The van der Waals surface area contributed by atoms with Gasteiger partial charge in [-0.15, -0.1) is 0 Å². The molecule has 0 N–H and O–H groups in total. The molecule has 3 atom stereocenters. The molecule has 1 heterocycles. The summed E-state index contributed by atoms with van der Waals surface area (Å²) in [5.74, 6) is 0.735. The first kappa shape index (κ1) is 35.1. The largest absolute Gasteiger partial charge is 0.334 e.